The Kier molecular flexibility index (Phi) is 3.91. The molecule has 0 aliphatic carbocycles. The van der Waals surface area contributed by atoms with Gasteiger partial charge in [-0.2, -0.15) is 10.4 Å². The number of hydrogen-bond donors (Lipinski definition) is 2. The molecular weight excluding hydrogens is 310 g/mol. The van der Waals surface area contributed by atoms with Crippen molar-refractivity contribution in [2.24, 2.45) is 0 Å². The number of carbonyl (C=O) groups excluding carboxylic acids is 1. The van der Waals surface area contributed by atoms with E-state index in [-0.39, 0.29) is 11.4 Å². The Morgan fingerprint density at radius 1 is 1.29 bits per heavy atom. The monoisotopic (exact) mass is 321 g/mol. The summed E-state index contributed by atoms with van der Waals surface area (Å²) in [6.45, 7) is 0. The number of H-pyrrole nitrogens is 1. The first-order valence-electron chi connectivity index (χ1n) is 6.98. The van der Waals surface area contributed by atoms with Crippen LogP contribution in [-0.2, 0) is 6.42 Å². The Labute approximate surface area is 135 Å². The number of fused-ring (bicyclic) bond motifs is 1. The van der Waals surface area contributed by atoms with Crippen LogP contribution >= 0.6 is 0 Å². The summed E-state index contributed by atoms with van der Waals surface area (Å²) in [7, 11) is 0. The van der Waals surface area contributed by atoms with Gasteiger partial charge in [0.05, 0.1) is 22.9 Å². The number of nitro benzene ring substituents is 1. The van der Waals surface area contributed by atoms with Crippen molar-refractivity contribution in [3.05, 3.63) is 63.8 Å². The lowest BCUT2D eigenvalue weighted by molar-refractivity contribution is -0.384. The fourth-order valence-corrected chi connectivity index (χ4v) is 2.28. The van der Waals surface area contributed by atoms with Crippen LogP contribution in [0.25, 0.3) is 10.9 Å². The van der Waals surface area contributed by atoms with E-state index in [2.05, 4.69) is 15.5 Å². The fourth-order valence-electron chi connectivity index (χ4n) is 2.28. The number of carbonyl (C=O) groups is 1. The van der Waals surface area contributed by atoms with Gasteiger partial charge in [-0.25, -0.2) is 0 Å². The highest BCUT2D eigenvalue weighted by Gasteiger charge is 2.17. The summed E-state index contributed by atoms with van der Waals surface area (Å²) in [6.07, 6.45) is 0.294. The number of amides is 1. The molecule has 0 unspecified atom stereocenters. The van der Waals surface area contributed by atoms with Gasteiger partial charge in [0.2, 0.25) is 0 Å². The maximum atomic E-state index is 12.4. The second-order valence-corrected chi connectivity index (χ2v) is 5.05. The molecule has 0 aliphatic rings. The second kappa shape index (κ2) is 6.18. The van der Waals surface area contributed by atoms with Gasteiger partial charge in [0.1, 0.15) is 0 Å². The summed E-state index contributed by atoms with van der Waals surface area (Å²) in [5.74, 6) is -0.477. The molecule has 0 radical (unpaired) electrons. The van der Waals surface area contributed by atoms with Crippen LogP contribution in [0, 0.1) is 21.4 Å². The fraction of sp³-hybridized carbons (Fsp3) is 0.0625. The van der Waals surface area contributed by atoms with Gasteiger partial charge < -0.3 is 5.32 Å². The molecule has 24 heavy (non-hydrogen) atoms. The zero-order valence-corrected chi connectivity index (χ0v) is 12.3. The van der Waals surface area contributed by atoms with Crippen molar-refractivity contribution >= 4 is 28.2 Å². The summed E-state index contributed by atoms with van der Waals surface area (Å²) < 4.78 is 0. The van der Waals surface area contributed by atoms with E-state index in [4.69, 9.17) is 5.26 Å². The number of nitrogens with one attached hydrogen (secondary N) is 2. The first-order chi connectivity index (χ1) is 11.6. The molecule has 0 atom stereocenters. The molecule has 8 nitrogen and oxygen atoms in total. The van der Waals surface area contributed by atoms with Crippen LogP contribution in [0.5, 0.6) is 0 Å². The highest BCUT2D eigenvalue weighted by Crippen LogP contribution is 2.23. The van der Waals surface area contributed by atoms with Gasteiger partial charge in [-0.3, -0.25) is 20.0 Å². The number of rotatable bonds is 4. The molecule has 0 saturated heterocycles. The minimum Gasteiger partial charge on any atom is -0.321 e. The minimum atomic E-state index is -0.526. The van der Waals surface area contributed by atoms with Crippen molar-refractivity contribution in [2.75, 3.05) is 5.32 Å². The number of aromatic nitrogens is 2. The number of nitriles is 1. The highest BCUT2D eigenvalue weighted by molar-refractivity contribution is 6.11. The first kappa shape index (κ1) is 15.2. The third kappa shape index (κ3) is 2.91. The van der Waals surface area contributed by atoms with E-state index in [0.717, 1.165) is 5.56 Å². The lowest BCUT2D eigenvalue weighted by Crippen LogP contribution is -2.12. The average molecular weight is 321 g/mol. The van der Waals surface area contributed by atoms with Crippen LogP contribution in [0.1, 0.15) is 16.1 Å². The van der Waals surface area contributed by atoms with E-state index in [1.165, 1.54) is 18.2 Å². The molecule has 0 fully saturated rings. The predicted molar refractivity (Wildman–Crippen MR) is 86.5 cm³/mol. The molecule has 118 valence electrons. The third-order valence-corrected chi connectivity index (χ3v) is 3.47. The third-order valence-electron chi connectivity index (χ3n) is 3.47. The SMILES string of the molecule is N#CCc1ccc(NC(=O)c2n[nH]c3ccc([N+](=O)[O-])cc23)cc1. The van der Waals surface area contributed by atoms with Crippen LogP contribution in [0.3, 0.4) is 0 Å². The van der Waals surface area contributed by atoms with Crippen molar-refractivity contribution in [1.29, 1.82) is 5.26 Å². The molecule has 1 amide bonds. The normalized spacial score (nSPS) is 10.3. The molecule has 8 heteroatoms. The number of aromatic amines is 1. The molecule has 1 heterocycles. The van der Waals surface area contributed by atoms with Gasteiger partial charge in [-0.05, 0) is 23.8 Å². The number of benzene rings is 2. The van der Waals surface area contributed by atoms with Crippen LogP contribution in [0.15, 0.2) is 42.5 Å². The summed E-state index contributed by atoms with van der Waals surface area (Å²) >= 11 is 0. The van der Waals surface area contributed by atoms with Gasteiger partial charge in [0.25, 0.3) is 11.6 Å². The molecule has 2 aromatic carbocycles. The molecule has 0 aliphatic heterocycles. The number of non-ortho nitro benzene ring substituents is 1. The number of nitrogens with zero attached hydrogens (tertiary/aromatic N) is 3. The summed E-state index contributed by atoms with van der Waals surface area (Å²) in [4.78, 5) is 22.7. The molecule has 2 N–H and O–H groups in total. The Hall–Kier alpha value is -3.73. The molecule has 0 saturated carbocycles. The molecule has 3 aromatic rings. The van der Waals surface area contributed by atoms with Crippen molar-refractivity contribution in [3.8, 4) is 6.07 Å². The summed E-state index contributed by atoms with van der Waals surface area (Å²) in [5.41, 5.74) is 1.89. The number of nitro groups is 1. The topological polar surface area (TPSA) is 125 Å². The first-order valence-corrected chi connectivity index (χ1v) is 6.98. The van der Waals surface area contributed by atoms with Crippen LogP contribution in [-0.4, -0.2) is 21.0 Å². The van der Waals surface area contributed by atoms with Crippen LogP contribution in [0.4, 0.5) is 11.4 Å². The van der Waals surface area contributed by atoms with Gasteiger partial charge in [-0.1, -0.05) is 12.1 Å². The van der Waals surface area contributed by atoms with Crippen molar-refractivity contribution in [2.45, 2.75) is 6.42 Å². The zero-order chi connectivity index (χ0) is 17.1. The summed E-state index contributed by atoms with van der Waals surface area (Å²) in [6, 6.07) is 13.1. The van der Waals surface area contributed by atoms with E-state index < -0.39 is 10.8 Å². The van der Waals surface area contributed by atoms with Crippen molar-refractivity contribution < 1.29 is 9.72 Å². The Morgan fingerprint density at radius 2 is 2.04 bits per heavy atom. The maximum absolute atomic E-state index is 12.4. The van der Waals surface area contributed by atoms with E-state index in [1.807, 2.05) is 6.07 Å². The molecule has 0 bridgehead atoms. The maximum Gasteiger partial charge on any atom is 0.276 e. The molecule has 3 rings (SSSR count). The molecule has 1 aromatic heterocycles. The molecule has 0 spiro atoms. The average Bonchev–Trinajstić information content (AvgIpc) is 3.00. The van der Waals surface area contributed by atoms with Gasteiger partial charge >= 0.3 is 0 Å². The number of anilines is 1. The highest BCUT2D eigenvalue weighted by atomic mass is 16.6. The van der Waals surface area contributed by atoms with Gasteiger partial charge in [0.15, 0.2) is 5.69 Å². The standard InChI is InChI=1S/C16H11N5O3/c17-8-7-10-1-3-11(4-2-10)18-16(22)15-13-9-12(21(23)24)5-6-14(13)19-20-15/h1-6,9H,7H2,(H,18,22)(H,19,20). The van der Waals surface area contributed by atoms with E-state index in [1.54, 1.807) is 24.3 Å². The predicted octanol–water partition coefficient (Wildman–Crippen LogP) is 2.79. The van der Waals surface area contributed by atoms with Crippen LogP contribution in [0.2, 0.25) is 0 Å². The van der Waals surface area contributed by atoms with E-state index >= 15 is 0 Å². The number of hydrogen-bond acceptors (Lipinski definition) is 5. The minimum absolute atomic E-state index is 0.0785. The van der Waals surface area contributed by atoms with Crippen LogP contribution < -0.4 is 5.32 Å². The Morgan fingerprint density at radius 3 is 2.71 bits per heavy atom. The summed E-state index contributed by atoms with van der Waals surface area (Å²) in [5, 5.41) is 29.2. The quantitative estimate of drug-likeness (QED) is 0.564. The zero-order valence-electron chi connectivity index (χ0n) is 12.3. The lowest BCUT2D eigenvalue weighted by Gasteiger charge is -2.04. The lowest BCUT2D eigenvalue weighted by atomic mass is 10.1. The Bertz CT molecular complexity index is 970. The van der Waals surface area contributed by atoms with E-state index in [0.29, 0.717) is 23.0 Å². The van der Waals surface area contributed by atoms with Gasteiger partial charge in [-0.15, -0.1) is 0 Å². The second-order valence-electron chi connectivity index (χ2n) is 5.05. The largest absolute Gasteiger partial charge is 0.321 e. The van der Waals surface area contributed by atoms with E-state index in [9.17, 15) is 14.9 Å². The van der Waals surface area contributed by atoms with Crippen molar-refractivity contribution in [1.82, 2.24) is 10.2 Å². The smallest absolute Gasteiger partial charge is 0.276 e. The molecular formula is C16H11N5O3. The Balaban J connectivity index is 1.87. The van der Waals surface area contributed by atoms with Gasteiger partial charge in [0, 0.05) is 23.2 Å². The van der Waals surface area contributed by atoms with Crippen molar-refractivity contribution in [3.63, 3.8) is 0 Å².